The summed E-state index contributed by atoms with van der Waals surface area (Å²) < 4.78 is 39.1. The van der Waals surface area contributed by atoms with Crippen molar-refractivity contribution < 1.29 is 17.9 Å². The molecule has 1 heterocycles. The average molecular weight is 303 g/mol. The number of hydrogen-bond acceptors (Lipinski definition) is 4. The Labute approximate surface area is 113 Å². The topological polar surface area (TPSA) is 79.3 Å². The summed E-state index contributed by atoms with van der Waals surface area (Å²) in [5.74, 6) is -1.32. The molecule has 5 nitrogen and oxygen atoms in total. The summed E-state index contributed by atoms with van der Waals surface area (Å²) in [5, 5.41) is 9.30. The highest BCUT2D eigenvalue weighted by Gasteiger charge is 2.18. The van der Waals surface area contributed by atoms with Crippen LogP contribution in [0.3, 0.4) is 0 Å². The number of nitrogens with one attached hydrogen (secondary N) is 1. The van der Waals surface area contributed by atoms with Crippen molar-refractivity contribution in [3.05, 3.63) is 47.5 Å². The monoisotopic (exact) mass is 302 g/mol. The Hall–Kier alpha value is -1.86. The second-order valence-corrected chi connectivity index (χ2v) is 5.67. The van der Waals surface area contributed by atoms with E-state index in [1.807, 2.05) is 4.72 Å². The molecule has 1 aromatic carbocycles. The molecule has 2 rings (SSSR count). The minimum Gasteiger partial charge on any atom is -0.504 e. The Bertz CT molecular complexity index is 707. The molecule has 0 aliphatic carbocycles. The van der Waals surface area contributed by atoms with Crippen LogP contribution in [0.2, 0.25) is 5.02 Å². The molecule has 100 valence electrons. The van der Waals surface area contributed by atoms with Gasteiger partial charge in [0.1, 0.15) is 10.7 Å². The summed E-state index contributed by atoms with van der Waals surface area (Å²) in [4.78, 5) is 3.55. The molecule has 2 aromatic rings. The SMILES string of the molecule is O=S(=O)(Nc1cc(F)cc(Cl)c1O)c1cccnc1. The normalized spacial score (nSPS) is 11.3. The van der Waals surface area contributed by atoms with E-state index in [0.717, 1.165) is 18.3 Å². The highest BCUT2D eigenvalue weighted by atomic mass is 35.5. The third kappa shape index (κ3) is 2.94. The van der Waals surface area contributed by atoms with Gasteiger partial charge in [0.15, 0.2) is 5.75 Å². The molecule has 0 bridgehead atoms. The van der Waals surface area contributed by atoms with Crippen LogP contribution in [0.25, 0.3) is 0 Å². The third-order valence-corrected chi connectivity index (χ3v) is 3.86. The van der Waals surface area contributed by atoms with Crippen molar-refractivity contribution in [1.29, 1.82) is 0 Å². The summed E-state index contributed by atoms with van der Waals surface area (Å²) in [6.45, 7) is 0. The number of halogens is 2. The average Bonchev–Trinajstić information content (AvgIpc) is 2.36. The van der Waals surface area contributed by atoms with E-state index in [2.05, 4.69) is 4.98 Å². The number of nitrogens with zero attached hydrogens (tertiary/aromatic N) is 1. The number of aromatic hydroxyl groups is 1. The second-order valence-electron chi connectivity index (χ2n) is 3.58. The molecule has 0 aliphatic rings. The van der Waals surface area contributed by atoms with E-state index >= 15 is 0 Å². The van der Waals surface area contributed by atoms with E-state index in [1.54, 1.807) is 0 Å². The van der Waals surface area contributed by atoms with Gasteiger partial charge >= 0.3 is 0 Å². The van der Waals surface area contributed by atoms with Crippen LogP contribution in [-0.4, -0.2) is 18.5 Å². The molecule has 0 fully saturated rings. The van der Waals surface area contributed by atoms with Gasteiger partial charge in [-0.25, -0.2) is 12.8 Å². The standard InChI is InChI=1S/C11H8ClFN2O3S/c12-9-4-7(13)5-10(11(9)16)15-19(17,18)8-2-1-3-14-6-8/h1-6,15-16H. The third-order valence-electron chi connectivity index (χ3n) is 2.22. The summed E-state index contributed by atoms with van der Waals surface area (Å²) in [7, 11) is -3.97. The fraction of sp³-hybridized carbons (Fsp3) is 0. The van der Waals surface area contributed by atoms with Crippen molar-refractivity contribution >= 4 is 27.3 Å². The molecule has 0 radical (unpaired) electrons. The maximum Gasteiger partial charge on any atom is 0.263 e. The van der Waals surface area contributed by atoms with E-state index in [1.165, 1.54) is 18.3 Å². The lowest BCUT2D eigenvalue weighted by Crippen LogP contribution is -2.13. The molecule has 0 amide bonds. The van der Waals surface area contributed by atoms with Gasteiger partial charge in [-0.15, -0.1) is 0 Å². The Morgan fingerprint density at radius 2 is 2.11 bits per heavy atom. The zero-order chi connectivity index (χ0) is 14.0. The number of aromatic nitrogens is 1. The lowest BCUT2D eigenvalue weighted by atomic mass is 10.3. The molecule has 1 aromatic heterocycles. The summed E-state index contributed by atoms with van der Waals surface area (Å²) in [6.07, 6.45) is 2.54. The van der Waals surface area contributed by atoms with Crippen molar-refractivity contribution in [2.45, 2.75) is 4.90 Å². The van der Waals surface area contributed by atoms with Crippen LogP contribution in [-0.2, 0) is 10.0 Å². The molecule has 8 heteroatoms. The fourth-order valence-corrected chi connectivity index (χ4v) is 2.58. The van der Waals surface area contributed by atoms with Crippen LogP contribution in [0, 0.1) is 5.82 Å². The highest BCUT2D eigenvalue weighted by molar-refractivity contribution is 7.92. The van der Waals surface area contributed by atoms with Gasteiger partial charge < -0.3 is 5.11 Å². The van der Waals surface area contributed by atoms with Crippen molar-refractivity contribution in [1.82, 2.24) is 4.98 Å². The van der Waals surface area contributed by atoms with Gasteiger partial charge in [-0.05, 0) is 18.2 Å². The molecule has 19 heavy (non-hydrogen) atoms. The van der Waals surface area contributed by atoms with Crippen molar-refractivity contribution in [2.75, 3.05) is 4.72 Å². The molecule has 0 saturated heterocycles. The van der Waals surface area contributed by atoms with Crippen molar-refractivity contribution in [3.63, 3.8) is 0 Å². The summed E-state index contributed by atoms with van der Waals surface area (Å²) >= 11 is 5.56. The Kier molecular flexibility index (Phi) is 3.59. The van der Waals surface area contributed by atoms with E-state index in [4.69, 9.17) is 11.6 Å². The smallest absolute Gasteiger partial charge is 0.263 e. The Morgan fingerprint density at radius 1 is 1.37 bits per heavy atom. The lowest BCUT2D eigenvalue weighted by molar-refractivity contribution is 0.476. The first-order valence-electron chi connectivity index (χ1n) is 5.01. The van der Waals surface area contributed by atoms with Crippen LogP contribution >= 0.6 is 11.6 Å². The minimum atomic E-state index is -3.97. The predicted octanol–water partition coefficient (Wildman–Crippen LogP) is 2.38. The van der Waals surface area contributed by atoms with Gasteiger partial charge in [0.25, 0.3) is 10.0 Å². The van der Waals surface area contributed by atoms with Crippen molar-refractivity contribution in [2.24, 2.45) is 0 Å². The van der Waals surface area contributed by atoms with Crippen LogP contribution in [0.5, 0.6) is 5.75 Å². The predicted molar refractivity (Wildman–Crippen MR) is 68.1 cm³/mol. The number of hydrogen-bond donors (Lipinski definition) is 2. The summed E-state index contributed by atoms with van der Waals surface area (Å²) in [6, 6.07) is 4.45. The van der Waals surface area contributed by atoms with Gasteiger partial charge in [-0.2, -0.15) is 0 Å². The molecule has 0 unspecified atom stereocenters. The number of phenols is 1. The number of benzene rings is 1. The first-order chi connectivity index (χ1) is 8.90. The Balaban J connectivity index is 2.42. The van der Waals surface area contributed by atoms with E-state index in [-0.39, 0.29) is 15.6 Å². The van der Waals surface area contributed by atoms with Crippen LogP contribution in [0.4, 0.5) is 10.1 Å². The minimum absolute atomic E-state index is 0.116. The number of pyridine rings is 1. The maximum absolute atomic E-state index is 13.1. The molecular weight excluding hydrogens is 295 g/mol. The highest BCUT2D eigenvalue weighted by Crippen LogP contribution is 2.33. The van der Waals surface area contributed by atoms with Crippen LogP contribution < -0.4 is 4.72 Å². The largest absolute Gasteiger partial charge is 0.504 e. The summed E-state index contributed by atoms with van der Waals surface area (Å²) in [5.41, 5.74) is -0.339. The maximum atomic E-state index is 13.1. The first-order valence-corrected chi connectivity index (χ1v) is 6.87. The fourth-order valence-electron chi connectivity index (χ4n) is 1.35. The van der Waals surface area contributed by atoms with Crippen molar-refractivity contribution in [3.8, 4) is 5.75 Å². The number of anilines is 1. The Morgan fingerprint density at radius 3 is 2.74 bits per heavy atom. The van der Waals surface area contributed by atoms with Gasteiger partial charge in [0, 0.05) is 18.5 Å². The zero-order valence-corrected chi connectivity index (χ0v) is 10.9. The van der Waals surface area contributed by atoms with Crippen LogP contribution in [0.1, 0.15) is 0 Å². The number of rotatable bonds is 3. The quantitative estimate of drug-likeness (QED) is 0.853. The van der Waals surface area contributed by atoms with E-state index in [0.29, 0.717) is 0 Å². The van der Waals surface area contributed by atoms with Crippen LogP contribution in [0.15, 0.2) is 41.6 Å². The number of sulfonamides is 1. The van der Waals surface area contributed by atoms with Gasteiger partial charge in [-0.1, -0.05) is 11.6 Å². The van der Waals surface area contributed by atoms with E-state index < -0.39 is 21.6 Å². The van der Waals surface area contributed by atoms with Gasteiger partial charge in [0.2, 0.25) is 0 Å². The van der Waals surface area contributed by atoms with E-state index in [9.17, 15) is 17.9 Å². The zero-order valence-electron chi connectivity index (χ0n) is 9.34. The molecule has 0 spiro atoms. The molecule has 2 N–H and O–H groups in total. The molecule has 0 aliphatic heterocycles. The second kappa shape index (κ2) is 5.02. The lowest BCUT2D eigenvalue weighted by Gasteiger charge is -2.10. The van der Waals surface area contributed by atoms with Gasteiger partial charge in [0.05, 0.1) is 10.7 Å². The van der Waals surface area contributed by atoms with Gasteiger partial charge in [-0.3, -0.25) is 9.71 Å². The molecule has 0 saturated carbocycles. The molecular formula is C11H8ClFN2O3S. The molecule has 0 atom stereocenters. The number of phenolic OH excluding ortho intramolecular Hbond substituents is 1. The first kappa shape index (κ1) is 13.6.